The molecule has 1 N–H and O–H groups in total. The van der Waals surface area contributed by atoms with E-state index in [9.17, 15) is 9.59 Å². The van der Waals surface area contributed by atoms with E-state index in [0.29, 0.717) is 18.8 Å². The summed E-state index contributed by atoms with van der Waals surface area (Å²) in [5.74, 6) is -0.204. The molecule has 0 spiro atoms. The zero-order valence-electron chi connectivity index (χ0n) is 21.1. The number of carbonyl (C=O) groups excluding carboxylic acids is 2. The van der Waals surface area contributed by atoms with Crippen molar-refractivity contribution < 1.29 is 9.59 Å². The highest BCUT2D eigenvalue weighted by Crippen LogP contribution is 2.40. The predicted molar refractivity (Wildman–Crippen MR) is 146 cm³/mol. The van der Waals surface area contributed by atoms with E-state index in [1.807, 2.05) is 95.9 Å². The number of amides is 2. The van der Waals surface area contributed by atoms with Gasteiger partial charge >= 0.3 is 0 Å². The molecule has 188 valence electrons. The lowest BCUT2D eigenvalue weighted by Crippen LogP contribution is -2.63. The average Bonchev–Trinajstić information content (AvgIpc) is 3.11. The number of para-hydroxylation sites is 1. The Labute approximate surface area is 218 Å². The molecule has 1 aliphatic heterocycles. The van der Waals surface area contributed by atoms with Gasteiger partial charge in [-0.2, -0.15) is 0 Å². The van der Waals surface area contributed by atoms with Crippen molar-refractivity contribution in [2.45, 2.75) is 63.2 Å². The summed E-state index contributed by atoms with van der Waals surface area (Å²) in [5, 5.41) is 4.44. The maximum Gasteiger partial charge on any atom is 0.272 e. The number of carbonyl (C=O) groups is 2. The summed E-state index contributed by atoms with van der Waals surface area (Å²) in [5.41, 5.74) is 2.28. The molecule has 6 rings (SSSR count). The van der Waals surface area contributed by atoms with E-state index >= 15 is 0 Å². The zero-order valence-corrected chi connectivity index (χ0v) is 21.1. The molecule has 37 heavy (non-hydrogen) atoms. The van der Waals surface area contributed by atoms with Crippen LogP contribution in [0.15, 0.2) is 91.0 Å². The van der Waals surface area contributed by atoms with Crippen molar-refractivity contribution in [2.24, 2.45) is 0 Å². The highest BCUT2D eigenvalue weighted by molar-refractivity contribution is 6.04. The number of fused-ring (bicyclic) bond motifs is 3. The highest BCUT2D eigenvalue weighted by Gasteiger charge is 2.52. The van der Waals surface area contributed by atoms with E-state index < -0.39 is 5.54 Å². The van der Waals surface area contributed by atoms with Gasteiger partial charge in [0, 0.05) is 23.5 Å². The monoisotopic (exact) mass is 491 g/mol. The zero-order chi connectivity index (χ0) is 25.2. The lowest BCUT2D eigenvalue weighted by molar-refractivity contribution is -0.136. The molecule has 0 bridgehead atoms. The van der Waals surface area contributed by atoms with Gasteiger partial charge in [-0.15, -0.1) is 0 Å². The molecular formula is C32H33N3O2. The van der Waals surface area contributed by atoms with Crippen LogP contribution in [-0.2, 0) is 23.4 Å². The lowest BCUT2D eigenvalue weighted by atomic mass is 9.83. The number of hydrogen-bond donors (Lipinski definition) is 1. The Morgan fingerprint density at radius 3 is 2.22 bits per heavy atom. The van der Waals surface area contributed by atoms with E-state index in [1.165, 1.54) is 12.8 Å². The van der Waals surface area contributed by atoms with E-state index in [4.69, 9.17) is 0 Å². The molecule has 0 radical (unpaired) electrons. The van der Waals surface area contributed by atoms with Gasteiger partial charge in [0.05, 0.1) is 6.54 Å². The summed E-state index contributed by atoms with van der Waals surface area (Å²) >= 11 is 0. The number of nitrogens with zero attached hydrogens (tertiary/aromatic N) is 2. The normalized spacial score (nSPS) is 20.4. The van der Waals surface area contributed by atoms with Gasteiger partial charge in [-0.1, -0.05) is 105 Å². The van der Waals surface area contributed by atoms with Gasteiger partial charge in [0.1, 0.15) is 5.69 Å². The minimum Gasteiger partial charge on any atom is -0.351 e. The van der Waals surface area contributed by atoms with Crippen LogP contribution in [0.5, 0.6) is 0 Å². The van der Waals surface area contributed by atoms with Crippen LogP contribution in [0.2, 0.25) is 0 Å². The molecule has 1 saturated carbocycles. The Morgan fingerprint density at radius 1 is 0.838 bits per heavy atom. The molecule has 5 nitrogen and oxygen atoms in total. The van der Waals surface area contributed by atoms with Crippen molar-refractivity contribution in [3.05, 3.63) is 108 Å². The molecule has 1 aromatic heterocycles. The van der Waals surface area contributed by atoms with E-state index in [-0.39, 0.29) is 17.9 Å². The molecule has 4 aromatic rings. The van der Waals surface area contributed by atoms with Crippen LogP contribution in [0.3, 0.4) is 0 Å². The number of nitrogens with one attached hydrogen (secondary N) is 1. The van der Waals surface area contributed by atoms with Crippen molar-refractivity contribution >= 4 is 22.7 Å². The van der Waals surface area contributed by atoms with Gasteiger partial charge < -0.3 is 14.8 Å². The fourth-order valence-corrected chi connectivity index (χ4v) is 6.17. The topological polar surface area (TPSA) is 54.3 Å². The molecule has 1 atom stereocenters. The van der Waals surface area contributed by atoms with Gasteiger partial charge in [-0.25, -0.2) is 0 Å². The first kappa shape index (κ1) is 23.5. The molecule has 5 heteroatoms. The van der Waals surface area contributed by atoms with E-state index in [0.717, 1.165) is 47.7 Å². The fourth-order valence-electron chi connectivity index (χ4n) is 6.17. The molecule has 2 heterocycles. The molecule has 0 unspecified atom stereocenters. The Morgan fingerprint density at radius 2 is 1.49 bits per heavy atom. The van der Waals surface area contributed by atoms with Crippen molar-refractivity contribution in [1.82, 2.24) is 14.8 Å². The van der Waals surface area contributed by atoms with Crippen LogP contribution in [0.4, 0.5) is 0 Å². The fraction of sp³-hybridized carbons (Fsp3) is 0.312. The summed E-state index contributed by atoms with van der Waals surface area (Å²) in [7, 11) is 0. The average molecular weight is 492 g/mol. The molecule has 3 aromatic carbocycles. The number of rotatable bonds is 5. The third-order valence-electron chi connectivity index (χ3n) is 8.12. The minimum atomic E-state index is -1.17. The van der Waals surface area contributed by atoms with E-state index in [2.05, 4.69) is 9.88 Å². The van der Waals surface area contributed by atoms with Gasteiger partial charge in [-0.3, -0.25) is 9.59 Å². The first-order valence-electron chi connectivity index (χ1n) is 13.5. The smallest absolute Gasteiger partial charge is 0.272 e. The summed E-state index contributed by atoms with van der Waals surface area (Å²) in [6, 6.07) is 30.0. The number of benzene rings is 3. The Kier molecular flexibility index (Phi) is 6.29. The van der Waals surface area contributed by atoms with Gasteiger partial charge in [0.25, 0.3) is 11.8 Å². The third-order valence-corrected chi connectivity index (χ3v) is 8.12. The first-order valence-corrected chi connectivity index (χ1v) is 13.5. The van der Waals surface area contributed by atoms with Gasteiger partial charge in [-0.05, 0) is 36.1 Å². The van der Waals surface area contributed by atoms with E-state index in [1.54, 1.807) is 0 Å². The van der Waals surface area contributed by atoms with Crippen molar-refractivity contribution in [2.75, 3.05) is 0 Å². The molecule has 2 amide bonds. The predicted octanol–water partition coefficient (Wildman–Crippen LogP) is 6.03. The Hall–Kier alpha value is -3.86. The Balaban J connectivity index is 1.53. The van der Waals surface area contributed by atoms with Crippen LogP contribution in [-0.4, -0.2) is 27.3 Å². The van der Waals surface area contributed by atoms with Crippen molar-refractivity contribution in [3.63, 3.8) is 0 Å². The second kappa shape index (κ2) is 9.89. The third kappa shape index (κ3) is 4.22. The van der Waals surface area contributed by atoms with Gasteiger partial charge in [0.2, 0.25) is 0 Å². The maximum atomic E-state index is 14.6. The molecule has 1 aliphatic carbocycles. The standard InChI is InChI=1S/C32H33N3O2/c36-30-29-21-25-15-11-12-20-28(25)34(29)23-32(26-16-7-4-8-17-26,35(30)22-24-13-5-3-6-14-24)31(37)33-27-18-9-1-2-10-19-27/h3-8,11-17,20-21,27H,1-2,9-10,18-19,22-23H2,(H,33,37)/t32-/m1/s1. The molecular weight excluding hydrogens is 458 g/mol. The summed E-state index contributed by atoms with van der Waals surface area (Å²) in [4.78, 5) is 30.8. The molecule has 1 fully saturated rings. The first-order chi connectivity index (χ1) is 18.2. The van der Waals surface area contributed by atoms with Crippen LogP contribution in [0.25, 0.3) is 10.9 Å². The largest absolute Gasteiger partial charge is 0.351 e. The summed E-state index contributed by atoms with van der Waals surface area (Å²) in [6.45, 7) is 0.727. The second-order valence-corrected chi connectivity index (χ2v) is 10.4. The number of hydrogen-bond acceptors (Lipinski definition) is 2. The lowest BCUT2D eigenvalue weighted by Gasteiger charge is -2.47. The summed E-state index contributed by atoms with van der Waals surface area (Å²) < 4.78 is 2.05. The molecule has 0 saturated heterocycles. The minimum absolute atomic E-state index is 0.0849. The maximum absolute atomic E-state index is 14.6. The SMILES string of the molecule is O=C1c2cc3ccccc3n2C[C@](C(=O)NC2CCCCCC2)(c2ccccc2)N1Cc1ccccc1. The summed E-state index contributed by atoms with van der Waals surface area (Å²) in [6.07, 6.45) is 6.66. The Bertz CT molecular complexity index is 1400. The molecule has 2 aliphatic rings. The van der Waals surface area contributed by atoms with Crippen LogP contribution in [0.1, 0.15) is 60.1 Å². The quantitative estimate of drug-likeness (QED) is 0.347. The van der Waals surface area contributed by atoms with Crippen molar-refractivity contribution in [3.8, 4) is 0 Å². The second-order valence-electron chi connectivity index (χ2n) is 10.4. The van der Waals surface area contributed by atoms with Crippen LogP contribution >= 0.6 is 0 Å². The van der Waals surface area contributed by atoms with Crippen molar-refractivity contribution in [1.29, 1.82) is 0 Å². The highest BCUT2D eigenvalue weighted by atomic mass is 16.2. The number of aromatic nitrogens is 1. The van der Waals surface area contributed by atoms with Gasteiger partial charge in [0.15, 0.2) is 5.54 Å². The van der Waals surface area contributed by atoms with Crippen LogP contribution < -0.4 is 5.32 Å². The van der Waals surface area contributed by atoms with Crippen LogP contribution in [0, 0.1) is 0 Å².